The summed E-state index contributed by atoms with van der Waals surface area (Å²) in [4.78, 5) is 0. The summed E-state index contributed by atoms with van der Waals surface area (Å²) in [6.45, 7) is 7.69. The molecule has 0 aromatic heterocycles. The number of benzene rings is 1. The Bertz CT molecular complexity index is 670. The van der Waals surface area contributed by atoms with E-state index in [1.54, 1.807) is 13.0 Å². The topological polar surface area (TPSA) is 69.9 Å². The van der Waals surface area contributed by atoms with Gasteiger partial charge in [-0.1, -0.05) is 13.3 Å². The fraction of sp³-hybridized carbons (Fsp3) is 0.579. The lowest BCUT2D eigenvalue weighted by Gasteiger charge is -2.45. The maximum Gasteiger partial charge on any atom is 0.132 e. The fourth-order valence-corrected chi connectivity index (χ4v) is 3.78. The quantitative estimate of drug-likeness (QED) is 0.783. The minimum Gasteiger partial charge on any atom is -0.507 e. The van der Waals surface area contributed by atoms with Crippen LogP contribution in [0.1, 0.15) is 58.1 Å². The second-order valence-electron chi connectivity index (χ2n) is 7.56. The van der Waals surface area contributed by atoms with Crippen molar-refractivity contribution in [1.29, 1.82) is 0 Å². The van der Waals surface area contributed by atoms with Crippen molar-refractivity contribution in [2.75, 3.05) is 0 Å². The van der Waals surface area contributed by atoms with E-state index < -0.39 is 17.3 Å². The zero-order chi connectivity index (χ0) is 17.0. The van der Waals surface area contributed by atoms with E-state index in [-0.39, 0.29) is 5.75 Å². The number of phenolic OH excluding ortho intramolecular Hbond substituents is 1. The number of phenols is 1. The molecule has 0 fully saturated rings. The molecule has 3 N–H and O–H groups in total. The smallest absolute Gasteiger partial charge is 0.132 e. The first-order valence-corrected chi connectivity index (χ1v) is 8.34. The van der Waals surface area contributed by atoms with E-state index in [0.717, 1.165) is 29.6 Å². The first-order valence-electron chi connectivity index (χ1n) is 8.34. The lowest BCUT2D eigenvalue weighted by atomic mass is 9.71. The van der Waals surface area contributed by atoms with E-state index in [1.165, 1.54) is 0 Å². The van der Waals surface area contributed by atoms with Gasteiger partial charge in [-0.2, -0.15) is 0 Å². The van der Waals surface area contributed by atoms with Crippen LogP contribution < -0.4 is 4.74 Å². The Labute approximate surface area is 137 Å². The molecule has 126 valence electrons. The third-order valence-corrected chi connectivity index (χ3v) is 5.09. The number of hydrogen-bond donors (Lipinski definition) is 3. The fourth-order valence-electron chi connectivity index (χ4n) is 3.78. The van der Waals surface area contributed by atoms with Gasteiger partial charge < -0.3 is 20.1 Å². The monoisotopic (exact) mass is 318 g/mol. The van der Waals surface area contributed by atoms with Gasteiger partial charge in [-0.3, -0.25) is 0 Å². The van der Waals surface area contributed by atoms with Crippen molar-refractivity contribution in [1.82, 2.24) is 0 Å². The van der Waals surface area contributed by atoms with Crippen molar-refractivity contribution in [3.63, 3.8) is 0 Å². The van der Waals surface area contributed by atoms with E-state index in [9.17, 15) is 15.3 Å². The molecule has 0 amide bonds. The molecule has 23 heavy (non-hydrogen) atoms. The summed E-state index contributed by atoms with van der Waals surface area (Å²) < 4.78 is 6.16. The number of aryl methyl sites for hydroxylation is 1. The molecule has 1 aromatic carbocycles. The van der Waals surface area contributed by atoms with E-state index in [1.807, 2.05) is 19.9 Å². The lowest BCUT2D eigenvalue weighted by Crippen LogP contribution is -2.47. The second kappa shape index (κ2) is 5.25. The average molecular weight is 318 g/mol. The zero-order valence-electron chi connectivity index (χ0n) is 14.3. The molecule has 0 bridgehead atoms. The van der Waals surface area contributed by atoms with Gasteiger partial charge in [0.25, 0.3) is 0 Å². The predicted octanol–water partition coefficient (Wildman–Crippen LogP) is 3.18. The molecule has 1 heterocycles. The van der Waals surface area contributed by atoms with Crippen LogP contribution in [0, 0.1) is 0 Å². The van der Waals surface area contributed by atoms with Gasteiger partial charge in [0.05, 0.1) is 17.3 Å². The molecule has 0 saturated carbocycles. The van der Waals surface area contributed by atoms with Crippen molar-refractivity contribution in [3.8, 4) is 11.5 Å². The van der Waals surface area contributed by atoms with Crippen LogP contribution in [0.15, 0.2) is 17.7 Å². The van der Waals surface area contributed by atoms with Gasteiger partial charge >= 0.3 is 0 Å². The highest BCUT2D eigenvalue weighted by Crippen LogP contribution is 2.52. The molecule has 2 unspecified atom stereocenters. The van der Waals surface area contributed by atoms with Crippen molar-refractivity contribution in [2.24, 2.45) is 0 Å². The van der Waals surface area contributed by atoms with Crippen LogP contribution in [-0.4, -0.2) is 32.6 Å². The molecular weight excluding hydrogens is 292 g/mol. The summed E-state index contributed by atoms with van der Waals surface area (Å²) in [5.41, 5.74) is 1.84. The second-order valence-corrected chi connectivity index (χ2v) is 7.56. The highest BCUT2D eigenvalue weighted by atomic mass is 16.5. The van der Waals surface area contributed by atoms with Gasteiger partial charge in [0, 0.05) is 12.8 Å². The number of aromatic hydroxyl groups is 1. The molecule has 4 heteroatoms. The van der Waals surface area contributed by atoms with E-state index in [2.05, 4.69) is 6.92 Å². The largest absolute Gasteiger partial charge is 0.507 e. The van der Waals surface area contributed by atoms with Crippen LogP contribution >= 0.6 is 0 Å². The number of aliphatic hydroxyl groups is 2. The summed E-state index contributed by atoms with van der Waals surface area (Å²) in [5, 5.41) is 31.3. The summed E-state index contributed by atoms with van der Waals surface area (Å²) in [6.07, 6.45) is 1.71. The molecule has 1 aliphatic carbocycles. The molecule has 0 radical (unpaired) electrons. The number of rotatable bonds is 2. The molecule has 4 nitrogen and oxygen atoms in total. The Morgan fingerprint density at radius 2 is 1.96 bits per heavy atom. The highest BCUT2D eigenvalue weighted by Gasteiger charge is 2.46. The molecule has 0 saturated heterocycles. The molecule has 0 spiro atoms. The van der Waals surface area contributed by atoms with Crippen molar-refractivity contribution in [2.45, 2.75) is 70.7 Å². The van der Waals surface area contributed by atoms with Gasteiger partial charge in [0.15, 0.2) is 0 Å². The first-order chi connectivity index (χ1) is 10.7. The number of fused-ring (bicyclic) bond motifs is 2. The van der Waals surface area contributed by atoms with E-state index in [0.29, 0.717) is 24.2 Å². The van der Waals surface area contributed by atoms with Gasteiger partial charge in [-0.15, -0.1) is 0 Å². The summed E-state index contributed by atoms with van der Waals surface area (Å²) in [5.74, 6) is 0.866. The standard InChI is InChI=1S/C19H26O4/c1-5-6-11-7-14(20)17-12-10-19(4,22)16(21)9-13(12)18(2,3)23-15(17)8-11/h7-8,16,20-22H,5-6,9-10H2,1-4H3. The summed E-state index contributed by atoms with van der Waals surface area (Å²) in [7, 11) is 0. The molecule has 2 aliphatic rings. The molecule has 2 atom stereocenters. The van der Waals surface area contributed by atoms with E-state index >= 15 is 0 Å². The molecule has 1 aliphatic heterocycles. The van der Waals surface area contributed by atoms with Crippen LogP contribution in [0.2, 0.25) is 0 Å². The van der Waals surface area contributed by atoms with Crippen LogP contribution in [0.4, 0.5) is 0 Å². The Balaban J connectivity index is 2.18. The third-order valence-electron chi connectivity index (χ3n) is 5.09. The Morgan fingerprint density at radius 1 is 1.26 bits per heavy atom. The number of ether oxygens (including phenoxy) is 1. The average Bonchev–Trinajstić information content (AvgIpc) is 2.40. The zero-order valence-corrected chi connectivity index (χ0v) is 14.3. The van der Waals surface area contributed by atoms with Crippen molar-refractivity contribution < 1.29 is 20.1 Å². The van der Waals surface area contributed by atoms with Crippen molar-refractivity contribution >= 4 is 5.57 Å². The normalized spacial score (nSPS) is 28.9. The number of hydrogen-bond acceptors (Lipinski definition) is 4. The van der Waals surface area contributed by atoms with Gasteiger partial charge in [0.2, 0.25) is 0 Å². The molecule has 1 aromatic rings. The predicted molar refractivity (Wildman–Crippen MR) is 89.6 cm³/mol. The minimum atomic E-state index is -1.20. The lowest BCUT2D eigenvalue weighted by molar-refractivity contribution is -0.0661. The molecular formula is C19H26O4. The van der Waals surface area contributed by atoms with Crippen LogP contribution in [0.25, 0.3) is 5.57 Å². The third kappa shape index (κ3) is 2.64. The Kier molecular flexibility index (Phi) is 3.73. The van der Waals surface area contributed by atoms with E-state index in [4.69, 9.17) is 4.74 Å². The van der Waals surface area contributed by atoms with Crippen LogP contribution in [0.3, 0.4) is 0 Å². The maximum atomic E-state index is 10.6. The SMILES string of the molecule is CCCc1cc(O)c2c(c1)OC(C)(C)C1=C2CC(C)(O)C(O)C1. The maximum absolute atomic E-state index is 10.6. The highest BCUT2D eigenvalue weighted by molar-refractivity contribution is 5.82. The van der Waals surface area contributed by atoms with Crippen LogP contribution in [0.5, 0.6) is 11.5 Å². The van der Waals surface area contributed by atoms with Gasteiger partial charge in [-0.25, -0.2) is 0 Å². The summed E-state index contributed by atoms with van der Waals surface area (Å²) in [6, 6.07) is 3.78. The Hall–Kier alpha value is -1.52. The minimum absolute atomic E-state index is 0.195. The summed E-state index contributed by atoms with van der Waals surface area (Å²) >= 11 is 0. The Morgan fingerprint density at radius 3 is 2.61 bits per heavy atom. The molecule has 3 rings (SSSR count). The van der Waals surface area contributed by atoms with Gasteiger partial charge in [0.1, 0.15) is 17.1 Å². The van der Waals surface area contributed by atoms with Gasteiger partial charge in [-0.05, 0) is 56.0 Å². The van der Waals surface area contributed by atoms with Crippen LogP contribution in [-0.2, 0) is 6.42 Å². The first kappa shape index (κ1) is 16.3. The number of aliphatic hydroxyl groups excluding tert-OH is 1. The van der Waals surface area contributed by atoms with Crippen molar-refractivity contribution in [3.05, 3.63) is 28.8 Å².